The smallest absolute Gasteiger partial charge is 0.261 e. The summed E-state index contributed by atoms with van der Waals surface area (Å²) in [7, 11) is 0. The summed E-state index contributed by atoms with van der Waals surface area (Å²) < 4.78 is 0. The first-order valence-corrected chi connectivity index (χ1v) is 16.3. The van der Waals surface area contributed by atoms with Crippen molar-refractivity contribution in [3.63, 3.8) is 0 Å². The molecule has 212 valence electrons. The second kappa shape index (κ2) is 9.29. The zero-order chi connectivity index (χ0) is 29.7. The van der Waals surface area contributed by atoms with E-state index in [1.807, 2.05) is 82.2 Å². The SMILES string of the molecule is O=C1c2ccc3c4ccc5c6c(ccc(c7ccc(c2c37)C(=O)N1CCc1ccsc1)c64)C(=O)N(CCc1ccsc1)C5=O. The van der Waals surface area contributed by atoms with Crippen LogP contribution in [0.5, 0.6) is 0 Å². The summed E-state index contributed by atoms with van der Waals surface area (Å²) in [6.07, 6.45) is 1.22. The second-order valence-corrected chi connectivity index (χ2v) is 13.0. The number of hydrogen-bond donors (Lipinski definition) is 0. The summed E-state index contributed by atoms with van der Waals surface area (Å²) in [6.45, 7) is 0.637. The Morgan fingerprint density at radius 3 is 1.07 bits per heavy atom. The van der Waals surface area contributed by atoms with Gasteiger partial charge in [-0.3, -0.25) is 29.0 Å². The monoisotopic (exact) mass is 610 g/mol. The van der Waals surface area contributed by atoms with E-state index in [-0.39, 0.29) is 23.6 Å². The Labute approximate surface area is 259 Å². The second-order valence-electron chi connectivity index (χ2n) is 11.4. The molecule has 0 unspecified atom stereocenters. The molecule has 4 heterocycles. The maximum Gasteiger partial charge on any atom is 0.261 e. The van der Waals surface area contributed by atoms with E-state index in [2.05, 4.69) is 0 Å². The number of imide groups is 2. The molecule has 2 aliphatic rings. The maximum atomic E-state index is 13.7. The van der Waals surface area contributed by atoms with Crippen LogP contribution >= 0.6 is 22.7 Å². The minimum atomic E-state index is -0.281. The van der Waals surface area contributed by atoms with Crippen LogP contribution in [0.4, 0.5) is 0 Å². The van der Waals surface area contributed by atoms with Crippen molar-refractivity contribution >= 4 is 89.4 Å². The Hall–Kier alpha value is -4.92. The van der Waals surface area contributed by atoms with Gasteiger partial charge in [-0.15, -0.1) is 0 Å². The molecule has 4 amide bonds. The third kappa shape index (κ3) is 3.40. The van der Waals surface area contributed by atoms with Gasteiger partial charge in [-0.25, -0.2) is 0 Å². The van der Waals surface area contributed by atoms with E-state index in [0.717, 1.165) is 43.4 Å². The van der Waals surface area contributed by atoms with Gasteiger partial charge in [-0.2, -0.15) is 22.7 Å². The van der Waals surface area contributed by atoms with Crippen LogP contribution in [0.3, 0.4) is 0 Å². The quantitative estimate of drug-likeness (QED) is 0.111. The van der Waals surface area contributed by atoms with Crippen LogP contribution in [0.2, 0.25) is 0 Å². The van der Waals surface area contributed by atoms with E-state index in [4.69, 9.17) is 0 Å². The van der Waals surface area contributed by atoms with Crippen molar-refractivity contribution in [3.8, 4) is 0 Å². The number of thiophene rings is 2. The molecule has 0 fully saturated rings. The average Bonchev–Trinajstić information content (AvgIpc) is 3.77. The number of carbonyl (C=O) groups excluding carboxylic acids is 4. The van der Waals surface area contributed by atoms with Crippen LogP contribution in [0.25, 0.3) is 43.1 Å². The van der Waals surface area contributed by atoms with Gasteiger partial charge in [0.05, 0.1) is 0 Å². The van der Waals surface area contributed by atoms with Crippen molar-refractivity contribution in [2.24, 2.45) is 0 Å². The third-order valence-corrected chi connectivity index (χ3v) is 10.7. The normalized spacial score (nSPS) is 14.8. The molecule has 44 heavy (non-hydrogen) atoms. The molecule has 0 bridgehead atoms. The summed E-state index contributed by atoms with van der Waals surface area (Å²) in [6, 6.07) is 19.1. The number of hydrogen-bond acceptors (Lipinski definition) is 6. The standard InChI is InChI=1S/C36H22N2O4S2/c39-33-25-5-1-21-22-2-6-27-32-28(36(42)38(35(27)41)14-10-20-12-16-44-18-20)8-4-24(30(22)32)23-3-7-26(31(25)29(21)23)34(40)37(33)13-9-19-11-15-43-17-19/h1-8,11-12,15-18H,9-10,13-14H2. The highest BCUT2D eigenvalue weighted by Gasteiger charge is 2.36. The molecular weight excluding hydrogens is 589 g/mol. The highest BCUT2D eigenvalue weighted by atomic mass is 32.1. The lowest BCUT2D eigenvalue weighted by Gasteiger charge is -2.30. The first-order valence-electron chi connectivity index (χ1n) is 14.5. The number of nitrogens with zero attached hydrogens (tertiary/aromatic N) is 2. The summed E-state index contributed by atoms with van der Waals surface area (Å²) >= 11 is 3.19. The van der Waals surface area contributed by atoms with Crippen molar-refractivity contribution in [1.29, 1.82) is 0 Å². The first kappa shape index (κ1) is 25.6. The van der Waals surface area contributed by atoms with E-state index in [0.29, 0.717) is 59.0 Å². The molecule has 9 rings (SSSR count). The fourth-order valence-electron chi connectivity index (χ4n) is 7.13. The zero-order valence-electron chi connectivity index (χ0n) is 23.3. The van der Waals surface area contributed by atoms with E-state index < -0.39 is 0 Å². The molecule has 7 aromatic rings. The topological polar surface area (TPSA) is 74.8 Å². The number of amides is 4. The van der Waals surface area contributed by atoms with Gasteiger partial charge in [0.2, 0.25) is 0 Å². The van der Waals surface area contributed by atoms with Crippen molar-refractivity contribution in [3.05, 3.63) is 116 Å². The van der Waals surface area contributed by atoms with E-state index in [1.54, 1.807) is 22.7 Å². The van der Waals surface area contributed by atoms with E-state index >= 15 is 0 Å². The third-order valence-electron chi connectivity index (χ3n) is 9.21. The number of benzene rings is 5. The predicted octanol–water partition coefficient (Wildman–Crippen LogP) is 7.54. The minimum Gasteiger partial charge on any atom is -0.274 e. The summed E-state index contributed by atoms with van der Waals surface area (Å²) in [5, 5.41) is 14.7. The maximum absolute atomic E-state index is 13.7. The molecule has 0 atom stereocenters. The van der Waals surface area contributed by atoms with Gasteiger partial charge in [0, 0.05) is 46.1 Å². The highest BCUT2D eigenvalue weighted by Crippen LogP contribution is 2.46. The summed E-state index contributed by atoms with van der Waals surface area (Å²) in [5.74, 6) is -1.13. The molecular formula is C36H22N2O4S2. The highest BCUT2D eigenvalue weighted by molar-refractivity contribution is 7.08. The van der Waals surface area contributed by atoms with Gasteiger partial charge in [0.1, 0.15) is 0 Å². The van der Waals surface area contributed by atoms with E-state index in [1.165, 1.54) is 9.80 Å². The lowest BCUT2D eigenvalue weighted by Crippen LogP contribution is -2.41. The van der Waals surface area contributed by atoms with Gasteiger partial charge in [-0.1, -0.05) is 24.3 Å². The van der Waals surface area contributed by atoms with Crippen LogP contribution in [0.15, 0.2) is 82.2 Å². The van der Waals surface area contributed by atoms with Crippen LogP contribution in [0, 0.1) is 0 Å². The number of carbonyl (C=O) groups is 4. The van der Waals surface area contributed by atoms with Gasteiger partial charge >= 0.3 is 0 Å². The molecule has 0 radical (unpaired) electrons. The average molecular weight is 611 g/mol. The minimum absolute atomic E-state index is 0.281. The number of fused-ring (bicyclic) bond motifs is 2. The van der Waals surface area contributed by atoms with Crippen molar-refractivity contribution < 1.29 is 19.2 Å². The summed E-state index contributed by atoms with van der Waals surface area (Å²) in [5.41, 5.74) is 4.28. The van der Waals surface area contributed by atoms with Gasteiger partial charge in [-0.05, 0) is 114 Å². The Balaban J connectivity index is 1.21. The lowest BCUT2D eigenvalue weighted by molar-refractivity contribution is 0.0597. The molecule has 8 heteroatoms. The van der Waals surface area contributed by atoms with Crippen LogP contribution in [-0.4, -0.2) is 46.5 Å². The Morgan fingerprint density at radius 2 is 0.773 bits per heavy atom. The van der Waals surface area contributed by atoms with Crippen molar-refractivity contribution in [1.82, 2.24) is 9.80 Å². The van der Waals surface area contributed by atoms with Crippen molar-refractivity contribution in [2.75, 3.05) is 13.1 Å². The molecule has 0 saturated carbocycles. The predicted molar refractivity (Wildman–Crippen MR) is 174 cm³/mol. The molecule has 0 spiro atoms. The molecule has 2 aliphatic heterocycles. The largest absolute Gasteiger partial charge is 0.274 e. The van der Waals surface area contributed by atoms with Gasteiger partial charge in [0.15, 0.2) is 0 Å². The Bertz CT molecular complexity index is 2090. The Morgan fingerprint density at radius 1 is 0.432 bits per heavy atom. The van der Waals surface area contributed by atoms with Crippen molar-refractivity contribution in [2.45, 2.75) is 12.8 Å². The molecule has 5 aromatic carbocycles. The molecule has 6 nitrogen and oxygen atoms in total. The number of rotatable bonds is 6. The fourth-order valence-corrected chi connectivity index (χ4v) is 8.53. The molecule has 2 aromatic heterocycles. The van der Waals surface area contributed by atoms with Gasteiger partial charge < -0.3 is 0 Å². The van der Waals surface area contributed by atoms with E-state index in [9.17, 15) is 19.2 Å². The molecule has 0 saturated heterocycles. The molecule has 0 N–H and O–H groups in total. The first-order chi connectivity index (χ1) is 21.5. The lowest BCUT2D eigenvalue weighted by atomic mass is 9.82. The van der Waals surface area contributed by atoms with Crippen LogP contribution in [-0.2, 0) is 12.8 Å². The molecule has 0 aliphatic carbocycles. The summed E-state index contributed by atoms with van der Waals surface area (Å²) in [4.78, 5) is 57.7. The van der Waals surface area contributed by atoms with Gasteiger partial charge in [0.25, 0.3) is 23.6 Å². The Kier molecular flexibility index (Phi) is 5.40. The van der Waals surface area contributed by atoms with Crippen LogP contribution < -0.4 is 0 Å². The van der Waals surface area contributed by atoms with Crippen LogP contribution in [0.1, 0.15) is 52.6 Å². The zero-order valence-corrected chi connectivity index (χ0v) is 24.9. The fraction of sp³-hybridized carbons (Fsp3) is 0.111.